The zero-order valence-corrected chi connectivity index (χ0v) is 9.53. The lowest BCUT2D eigenvalue weighted by Gasteiger charge is -2.16. The average molecular weight is 256 g/mol. The fraction of sp³-hybridized carbons (Fsp3) is 0.600. The molecule has 0 saturated heterocycles. The highest BCUT2D eigenvalue weighted by atomic mass is 35.5. The molecule has 6 heteroatoms. The van der Waals surface area contributed by atoms with Gasteiger partial charge in [-0.15, -0.1) is 0 Å². The molecule has 0 amide bonds. The highest BCUT2D eigenvalue weighted by molar-refractivity contribution is 6.28. The van der Waals surface area contributed by atoms with E-state index in [1.54, 1.807) is 6.07 Å². The summed E-state index contributed by atoms with van der Waals surface area (Å²) in [6.45, 7) is 2.39. The van der Waals surface area contributed by atoms with Gasteiger partial charge in [-0.05, 0) is 36.7 Å². The Morgan fingerprint density at radius 3 is 2.56 bits per heavy atom. The number of furan rings is 1. The molecule has 1 rings (SSSR count). The van der Waals surface area contributed by atoms with Crippen molar-refractivity contribution in [2.45, 2.75) is 32.0 Å². The van der Waals surface area contributed by atoms with Gasteiger partial charge >= 0.3 is 6.18 Å². The van der Waals surface area contributed by atoms with Crippen LogP contribution in [-0.4, -0.2) is 12.7 Å². The van der Waals surface area contributed by atoms with Gasteiger partial charge in [0.25, 0.3) is 0 Å². The lowest BCUT2D eigenvalue weighted by molar-refractivity contribution is -0.136. The predicted molar refractivity (Wildman–Crippen MR) is 55.4 cm³/mol. The molecule has 0 aliphatic heterocycles. The summed E-state index contributed by atoms with van der Waals surface area (Å²) in [5.41, 5.74) is 0. The second-order valence-corrected chi connectivity index (χ2v) is 3.78. The Balaban J connectivity index is 2.61. The van der Waals surface area contributed by atoms with Crippen LogP contribution in [-0.2, 0) is 0 Å². The Morgan fingerprint density at radius 2 is 2.12 bits per heavy atom. The van der Waals surface area contributed by atoms with Crippen molar-refractivity contribution in [2.24, 2.45) is 0 Å². The maximum absolute atomic E-state index is 12.1. The van der Waals surface area contributed by atoms with E-state index in [-0.39, 0.29) is 11.6 Å². The smallest absolute Gasteiger partial charge is 0.389 e. The molecule has 16 heavy (non-hydrogen) atoms. The summed E-state index contributed by atoms with van der Waals surface area (Å²) in [5, 5.41) is 3.12. The maximum atomic E-state index is 12.1. The number of rotatable bonds is 5. The van der Waals surface area contributed by atoms with Crippen molar-refractivity contribution in [2.75, 3.05) is 6.54 Å². The van der Waals surface area contributed by atoms with E-state index in [4.69, 9.17) is 16.0 Å². The van der Waals surface area contributed by atoms with Crippen LogP contribution in [0.4, 0.5) is 13.2 Å². The molecule has 1 heterocycles. The predicted octanol–water partition coefficient (Wildman–Crippen LogP) is 3.93. The third kappa shape index (κ3) is 4.45. The molecule has 0 aromatic carbocycles. The van der Waals surface area contributed by atoms with E-state index in [9.17, 15) is 13.2 Å². The van der Waals surface area contributed by atoms with Crippen LogP contribution in [0.3, 0.4) is 0 Å². The van der Waals surface area contributed by atoms with Crippen molar-refractivity contribution in [1.82, 2.24) is 5.32 Å². The third-order valence-corrected chi connectivity index (χ3v) is 2.31. The van der Waals surface area contributed by atoms with Crippen LogP contribution in [0.15, 0.2) is 16.5 Å². The zero-order valence-electron chi connectivity index (χ0n) is 8.77. The van der Waals surface area contributed by atoms with Gasteiger partial charge in [-0.25, -0.2) is 0 Å². The van der Waals surface area contributed by atoms with Gasteiger partial charge in [-0.1, -0.05) is 6.92 Å². The fourth-order valence-corrected chi connectivity index (χ4v) is 1.57. The molecule has 0 saturated carbocycles. The zero-order chi connectivity index (χ0) is 12.2. The van der Waals surface area contributed by atoms with Crippen LogP contribution < -0.4 is 5.32 Å². The molecule has 0 radical (unpaired) electrons. The molecule has 1 atom stereocenters. The molecule has 92 valence electrons. The molecular formula is C10H13ClF3NO. The Labute approximate surface area is 96.8 Å². The largest absolute Gasteiger partial charge is 0.448 e. The molecule has 1 aromatic heterocycles. The Bertz CT molecular complexity index is 324. The molecule has 0 fully saturated rings. The summed E-state index contributed by atoms with van der Waals surface area (Å²) in [7, 11) is 0. The molecule has 0 spiro atoms. The molecular weight excluding hydrogens is 243 g/mol. The number of alkyl halides is 3. The van der Waals surface area contributed by atoms with Crippen LogP contribution in [0.1, 0.15) is 31.6 Å². The molecule has 0 bridgehead atoms. The molecule has 0 aliphatic rings. The van der Waals surface area contributed by atoms with E-state index in [1.807, 2.05) is 6.92 Å². The molecule has 1 aromatic rings. The van der Waals surface area contributed by atoms with Crippen molar-refractivity contribution in [1.29, 1.82) is 0 Å². The Hall–Kier alpha value is -0.680. The quantitative estimate of drug-likeness (QED) is 0.862. The van der Waals surface area contributed by atoms with Gasteiger partial charge in [-0.3, -0.25) is 0 Å². The fourth-order valence-electron chi connectivity index (χ4n) is 1.41. The molecule has 0 aliphatic carbocycles. The monoisotopic (exact) mass is 255 g/mol. The van der Waals surface area contributed by atoms with Gasteiger partial charge < -0.3 is 9.73 Å². The first-order valence-corrected chi connectivity index (χ1v) is 5.35. The highest BCUT2D eigenvalue weighted by Crippen LogP contribution is 2.29. The van der Waals surface area contributed by atoms with E-state index in [0.29, 0.717) is 12.3 Å². The number of hydrogen-bond donors (Lipinski definition) is 1. The average Bonchev–Trinajstić information content (AvgIpc) is 2.57. The van der Waals surface area contributed by atoms with Crippen molar-refractivity contribution >= 4 is 11.6 Å². The summed E-state index contributed by atoms with van der Waals surface area (Å²) in [6, 6.07) is 2.67. The van der Waals surface area contributed by atoms with Gasteiger partial charge in [-0.2, -0.15) is 13.2 Å². The van der Waals surface area contributed by atoms with Crippen LogP contribution in [0.25, 0.3) is 0 Å². The first-order valence-electron chi connectivity index (χ1n) is 4.97. The van der Waals surface area contributed by atoms with Crippen molar-refractivity contribution < 1.29 is 17.6 Å². The summed E-state index contributed by atoms with van der Waals surface area (Å²) in [5.74, 6) is 0.441. The lowest BCUT2D eigenvalue weighted by Crippen LogP contribution is -2.22. The summed E-state index contributed by atoms with van der Waals surface area (Å²) in [4.78, 5) is 0. The number of nitrogens with one attached hydrogen (secondary N) is 1. The van der Waals surface area contributed by atoms with E-state index >= 15 is 0 Å². The first-order chi connectivity index (χ1) is 7.42. The van der Waals surface area contributed by atoms with Gasteiger partial charge in [0.05, 0.1) is 6.04 Å². The Kier molecular flexibility index (Phi) is 4.68. The van der Waals surface area contributed by atoms with Crippen LogP contribution in [0, 0.1) is 0 Å². The molecule has 1 unspecified atom stereocenters. The van der Waals surface area contributed by atoms with Crippen LogP contribution in [0.2, 0.25) is 5.22 Å². The minimum Gasteiger partial charge on any atom is -0.448 e. The highest BCUT2D eigenvalue weighted by Gasteiger charge is 2.29. The topological polar surface area (TPSA) is 25.2 Å². The van der Waals surface area contributed by atoms with Crippen LogP contribution >= 0.6 is 11.6 Å². The minimum atomic E-state index is -4.15. The van der Waals surface area contributed by atoms with E-state index < -0.39 is 18.6 Å². The molecule has 1 N–H and O–H groups in total. The Morgan fingerprint density at radius 1 is 1.44 bits per heavy atom. The van der Waals surface area contributed by atoms with Crippen LogP contribution in [0.5, 0.6) is 0 Å². The molecule has 2 nitrogen and oxygen atoms in total. The second-order valence-electron chi connectivity index (χ2n) is 3.41. The minimum absolute atomic E-state index is 0.0544. The van der Waals surface area contributed by atoms with Crippen molar-refractivity contribution in [3.8, 4) is 0 Å². The van der Waals surface area contributed by atoms with E-state index in [0.717, 1.165) is 0 Å². The summed E-state index contributed by atoms with van der Waals surface area (Å²) < 4.78 is 41.4. The van der Waals surface area contributed by atoms with E-state index in [1.165, 1.54) is 6.07 Å². The maximum Gasteiger partial charge on any atom is 0.389 e. The first kappa shape index (κ1) is 13.4. The van der Waals surface area contributed by atoms with Gasteiger partial charge in [0.15, 0.2) is 5.22 Å². The van der Waals surface area contributed by atoms with Crippen molar-refractivity contribution in [3.05, 3.63) is 23.1 Å². The third-order valence-electron chi connectivity index (χ3n) is 2.10. The van der Waals surface area contributed by atoms with Crippen molar-refractivity contribution in [3.63, 3.8) is 0 Å². The SMILES string of the molecule is CCNC(CCC(F)(F)F)c1ccc(Cl)o1. The van der Waals surface area contributed by atoms with Gasteiger partial charge in [0, 0.05) is 6.42 Å². The second kappa shape index (κ2) is 5.59. The lowest BCUT2D eigenvalue weighted by atomic mass is 10.1. The summed E-state index contributed by atoms with van der Waals surface area (Å²) in [6.07, 6.45) is -5.05. The summed E-state index contributed by atoms with van der Waals surface area (Å²) >= 11 is 5.58. The van der Waals surface area contributed by atoms with E-state index in [2.05, 4.69) is 5.32 Å². The number of hydrogen-bond acceptors (Lipinski definition) is 2. The standard InChI is InChI=1S/C10H13ClF3NO/c1-2-15-7(5-6-10(12,13)14)8-3-4-9(11)16-8/h3-4,7,15H,2,5-6H2,1H3. The normalized spacial score (nSPS) is 14.1. The van der Waals surface area contributed by atoms with Gasteiger partial charge in [0.2, 0.25) is 0 Å². The van der Waals surface area contributed by atoms with Gasteiger partial charge in [0.1, 0.15) is 5.76 Å². The number of halogens is 4.